The Morgan fingerprint density at radius 1 is 1.07 bits per heavy atom. The summed E-state index contributed by atoms with van der Waals surface area (Å²) in [5.41, 5.74) is 2.76. The topological polar surface area (TPSA) is 70.8 Å². The van der Waals surface area contributed by atoms with Crippen molar-refractivity contribution in [2.24, 2.45) is 0 Å². The lowest BCUT2D eigenvalue weighted by Gasteiger charge is -2.29. The molecule has 0 unspecified atom stereocenters. The Labute approximate surface area is 167 Å². The van der Waals surface area contributed by atoms with Gasteiger partial charge >= 0.3 is 0 Å². The van der Waals surface area contributed by atoms with Gasteiger partial charge < -0.3 is 9.51 Å². The predicted octanol–water partition coefficient (Wildman–Crippen LogP) is 4.06. The Morgan fingerprint density at radius 2 is 1.90 bits per heavy atom. The van der Waals surface area contributed by atoms with E-state index >= 15 is 0 Å². The minimum Gasteiger partial charge on any atom is -0.342 e. The number of nitrogens with zero attached hydrogens (tertiary/aromatic N) is 4. The molecule has 1 saturated heterocycles. The van der Waals surface area contributed by atoms with E-state index in [1.54, 1.807) is 6.07 Å². The fraction of sp³-hybridized carbons (Fsp3) is 0.318. The van der Waals surface area contributed by atoms with E-state index in [1.807, 2.05) is 18.2 Å². The third kappa shape index (κ3) is 4.05. The summed E-state index contributed by atoms with van der Waals surface area (Å²) < 4.78 is 18.8. The van der Waals surface area contributed by atoms with E-state index in [-0.39, 0.29) is 5.82 Å². The quantitative estimate of drug-likeness (QED) is 0.556. The van der Waals surface area contributed by atoms with Crippen LogP contribution < -0.4 is 0 Å². The van der Waals surface area contributed by atoms with E-state index < -0.39 is 0 Å². The van der Waals surface area contributed by atoms with Gasteiger partial charge in [0.1, 0.15) is 11.6 Å². The number of aromatic nitrogens is 4. The van der Waals surface area contributed by atoms with Crippen LogP contribution in [0.25, 0.3) is 11.0 Å². The molecule has 5 rings (SSSR count). The number of imidazole rings is 1. The highest BCUT2D eigenvalue weighted by Crippen LogP contribution is 2.28. The lowest BCUT2D eigenvalue weighted by atomic mass is 9.96. The molecule has 0 aliphatic carbocycles. The van der Waals surface area contributed by atoms with E-state index in [1.165, 1.54) is 17.7 Å². The average molecular weight is 391 g/mol. The van der Waals surface area contributed by atoms with Gasteiger partial charge in [0, 0.05) is 12.3 Å². The number of likely N-dealkylation sites (tertiary alicyclic amines) is 1. The van der Waals surface area contributed by atoms with Crippen LogP contribution in [-0.4, -0.2) is 38.1 Å². The smallest absolute Gasteiger partial charge is 0.240 e. The molecule has 1 N–H and O–H groups in total. The van der Waals surface area contributed by atoms with Crippen LogP contribution in [0.3, 0.4) is 0 Å². The maximum Gasteiger partial charge on any atom is 0.240 e. The van der Waals surface area contributed by atoms with Crippen molar-refractivity contribution in [3.8, 4) is 0 Å². The maximum absolute atomic E-state index is 13.4. The van der Waals surface area contributed by atoms with Gasteiger partial charge in [-0.05, 0) is 49.7 Å². The summed E-state index contributed by atoms with van der Waals surface area (Å²) in [6, 6.07) is 14.8. The Balaban J connectivity index is 1.18. The zero-order valence-electron chi connectivity index (χ0n) is 16.0. The van der Waals surface area contributed by atoms with Crippen molar-refractivity contribution in [1.29, 1.82) is 0 Å². The van der Waals surface area contributed by atoms with Gasteiger partial charge in [-0.3, -0.25) is 4.90 Å². The van der Waals surface area contributed by atoms with Crippen molar-refractivity contribution in [3.63, 3.8) is 0 Å². The largest absolute Gasteiger partial charge is 0.342 e. The van der Waals surface area contributed by atoms with Gasteiger partial charge in [-0.1, -0.05) is 35.5 Å². The Kier molecular flexibility index (Phi) is 4.81. The zero-order chi connectivity index (χ0) is 19.6. The fourth-order valence-electron chi connectivity index (χ4n) is 3.96. The second kappa shape index (κ2) is 7.75. The van der Waals surface area contributed by atoms with E-state index in [4.69, 9.17) is 4.52 Å². The molecule has 29 heavy (non-hydrogen) atoms. The number of benzene rings is 2. The molecule has 2 aromatic carbocycles. The second-order valence-corrected chi connectivity index (χ2v) is 7.60. The van der Waals surface area contributed by atoms with Crippen molar-refractivity contribution in [3.05, 3.63) is 77.5 Å². The predicted molar refractivity (Wildman–Crippen MR) is 107 cm³/mol. The summed E-state index contributed by atoms with van der Waals surface area (Å²) in [7, 11) is 0. The van der Waals surface area contributed by atoms with Crippen LogP contribution in [0.15, 0.2) is 53.1 Å². The van der Waals surface area contributed by atoms with Crippen molar-refractivity contribution in [2.75, 3.05) is 13.1 Å². The van der Waals surface area contributed by atoms with Gasteiger partial charge in [-0.25, -0.2) is 9.37 Å². The highest BCUT2D eigenvalue weighted by atomic mass is 19.1. The van der Waals surface area contributed by atoms with E-state index in [0.29, 0.717) is 24.8 Å². The summed E-state index contributed by atoms with van der Waals surface area (Å²) in [4.78, 5) is 14.8. The molecule has 0 spiro atoms. The van der Waals surface area contributed by atoms with Gasteiger partial charge in [0.05, 0.1) is 17.6 Å². The maximum atomic E-state index is 13.4. The molecule has 148 valence electrons. The number of aromatic amines is 1. The molecular formula is C22H22FN5O. The number of hydrogen-bond acceptors (Lipinski definition) is 5. The molecule has 1 aliphatic rings. The molecule has 0 saturated carbocycles. The molecule has 1 fully saturated rings. The molecule has 3 heterocycles. The summed E-state index contributed by atoms with van der Waals surface area (Å²) in [5.74, 6) is 2.45. The molecule has 1 aliphatic heterocycles. The van der Waals surface area contributed by atoms with Crippen LogP contribution in [0.1, 0.15) is 41.9 Å². The second-order valence-electron chi connectivity index (χ2n) is 7.60. The third-order valence-electron chi connectivity index (χ3n) is 5.51. The van der Waals surface area contributed by atoms with Gasteiger partial charge in [-0.2, -0.15) is 4.98 Å². The normalized spacial score (nSPS) is 15.9. The van der Waals surface area contributed by atoms with E-state index in [0.717, 1.165) is 48.6 Å². The number of nitrogens with one attached hydrogen (secondary N) is 1. The van der Waals surface area contributed by atoms with Crippen LogP contribution in [0.2, 0.25) is 0 Å². The number of H-pyrrole nitrogens is 1. The summed E-state index contributed by atoms with van der Waals surface area (Å²) in [6.45, 7) is 2.54. The molecule has 2 aromatic heterocycles. The number of rotatable bonds is 5. The zero-order valence-corrected chi connectivity index (χ0v) is 16.0. The third-order valence-corrected chi connectivity index (χ3v) is 5.51. The molecule has 0 amide bonds. The number of hydrogen-bond donors (Lipinski definition) is 1. The first-order valence-electron chi connectivity index (χ1n) is 9.96. The first-order chi connectivity index (χ1) is 14.2. The molecule has 0 radical (unpaired) electrons. The van der Waals surface area contributed by atoms with Crippen LogP contribution in [0.5, 0.6) is 0 Å². The number of fused-ring (bicyclic) bond motifs is 1. The molecule has 0 atom stereocenters. The first-order valence-corrected chi connectivity index (χ1v) is 9.96. The van der Waals surface area contributed by atoms with E-state index in [2.05, 4.69) is 37.1 Å². The van der Waals surface area contributed by atoms with Gasteiger partial charge in [-0.15, -0.1) is 0 Å². The minimum atomic E-state index is -0.242. The van der Waals surface area contributed by atoms with Gasteiger partial charge in [0.15, 0.2) is 5.82 Å². The molecular weight excluding hydrogens is 369 g/mol. The Bertz CT molecular complexity index is 1100. The highest BCUT2D eigenvalue weighted by Gasteiger charge is 2.24. The highest BCUT2D eigenvalue weighted by molar-refractivity contribution is 5.75. The van der Waals surface area contributed by atoms with Crippen molar-refractivity contribution >= 4 is 11.0 Å². The molecule has 4 aromatic rings. The van der Waals surface area contributed by atoms with Gasteiger partial charge in [0.25, 0.3) is 0 Å². The van der Waals surface area contributed by atoms with Crippen molar-refractivity contribution in [1.82, 2.24) is 25.0 Å². The molecule has 7 heteroatoms. The monoisotopic (exact) mass is 391 g/mol. The first kappa shape index (κ1) is 18.0. The lowest BCUT2D eigenvalue weighted by Crippen LogP contribution is -2.32. The summed E-state index contributed by atoms with van der Waals surface area (Å²) >= 11 is 0. The number of halogens is 1. The lowest BCUT2D eigenvalue weighted by molar-refractivity contribution is 0.179. The van der Waals surface area contributed by atoms with Gasteiger partial charge in [0.2, 0.25) is 5.89 Å². The SMILES string of the molecule is Fc1ccc2nc(C3CCN(Cc4nc(Cc5ccccc5)no4)CC3)[nH]c2c1. The Hall–Kier alpha value is -3.06. The minimum absolute atomic E-state index is 0.242. The number of piperidine rings is 1. The standard InChI is InChI=1S/C22H22FN5O/c23-17-6-7-18-19(13-17)25-22(24-18)16-8-10-28(11-9-16)14-21-26-20(27-29-21)12-15-4-2-1-3-5-15/h1-7,13,16H,8-12,14H2,(H,24,25). The van der Waals surface area contributed by atoms with Crippen LogP contribution in [-0.2, 0) is 13.0 Å². The summed E-state index contributed by atoms with van der Waals surface area (Å²) in [5, 5.41) is 4.11. The molecule has 6 nitrogen and oxygen atoms in total. The van der Waals surface area contributed by atoms with Crippen LogP contribution >= 0.6 is 0 Å². The average Bonchev–Trinajstić information content (AvgIpc) is 3.36. The van der Waals surface area contributed by atoms with E-state index in [9.17, 15) is 4.39 Å². The Morgan fingerprint density at radius 3 is 2.72 bits per heavy atom. The molecule has 0 bridgehead atoms. The van der Waals surface area contributed by atoms with Crippen molar-refractivity contribution < 1.29 is 8.91 Å². The van der Waals surface area contributed by atoms with Crippen molar-refractivity contribution in [2.45, 2.75) is 31.7 Å². The van der Waals surface area contributed by atoms with Crippen LogP contribution in [0.4, 0.5) is 4.39 Å². The van der Waals surface area contributed by atoms with Crippen LogP contribution in [0, 0.1) is 5.82 Å². The fourth-order valence-corrected chi connectivity index (χ4v) is 3.96. The summed E-state index contributed by atoms with van der Waals surface area (Å²) in [6.07, 6.45) is 2.67.